The van der Waals surface area contributed by atoms with Crippen molar-refractivity contribution in [2.45, 2.75) is 13.0 Å². The molecule has 4 N–H and O–H groups in total. The fraction of sp³-hybridized carbons (Fsp3) is 0.364. The van der Waals surface area contributed by atoms with E-state index in [0.29, 0.717) is 13.1 Å². The first kappa shape index (κ1) is 14.5. The van der Waals surface area contributed by atoms with E-state index in [-0.39, 0.29) is 11.5 Å². The van der Waals surface area contributed by atoms with Crippen molar-refractivity contribution in [2.75, 3.05) is 18.9 Å². The zero-order valence-corrected chi connectivity index (χ0v) is 11.5. The molecule has 0 bridgehead atoms. The van der Waals surface area contributed by atoms with Crippen molar-refractivity contribution in [3.8, 4) is 0 Å². The zero-order valence-electron chi connectivity index (χ0n) is 11.5. The molecule has 21 heavy (non-hydrogen) atoms. The van der Waals surface area contributed by atoms with Crippen LogP contribution < -0.4 is 16.0 Å². The van der Waals surface area contributed by atoms with Gasteiger partial charge in [-0.3, -0.25) is 14.8 Å². The average molecular weight is 292 g/mol. The molecule has 0 fully saturated rings. The second kappa shape index (κ2) is 7.03. The van der Waals surface area contributed by atoms with Gasteiger partial charge in [-0.25, -0.2) is 4.79 Å². The van der Waals surface area contributed by atoms with Crippen LogP contribution in [0, 0.1) is 0 Å². The van der Waals surface area contributed by atoms with Gasteiger partial charge < -0.3 is 10.6 Å². The molecule has 0 aliphatic rings. The van der Waals surface area contributed by atoms with Crippen molar-refractivity contribution < 1.29 is 9.59 Å². The lowest BCUT2D eigenvalue weighted by Gasteiger charge is -2.06. The van der Waals surface area contributed by atoms with Gasteiger partial charge in [0, 0.05) is 32.5 Å². The number of carbonyl (C=O) groups excluding carboxylic acids is 2. The van der Waals surface area contributed by atoms with E-state index < -0.39 is 11.9 Å². The molecule has 10 heteroatoms. The maximum Gasteiger partial charge on any atom is 0.320 e. The number of carbonyl (C=O) groups is 2. The van der Waals surface area contributed by atoms with Gasteiger partial charge >= 0.3 is 6.03 Å². The monoisotopic (exact) mass is 292 g/mol. The van der Waals surface area contributed by atoms with Gasteiger partial charge in [0.25, 0.3) is 5.91 Å². The van der Waals surface area contributed by atoms with Crippen LogP contribution >= 0.6 is 0 Å². The Morgan fingerprint density at radius 3 is 2.95 bits per heavy atom. The second-order valence-electron chi connectivity index (χ2n) is 4.10. The highest BCUT2D eigenvalue weighted by Crippen LogP contribution is 2.06. The van der Waals surface area contributed by atoms with Gasteiger partial charge in [0.05, 0.1) is 0 Å². The lowest BCUT2D eigenvalue weighted by molar-refractivity contribution is 0.0959. The van der Waals surface area contributed by atoms with Crippen molar-refractivity contribution in [1.29, 1.82) is 0 Å². The molecule has 112 valence electrons. The van der Waals surface area contributed by atoms with Crippen LogP contribution in [0.1, 0.15) is 16.9 Å². The van der Waals surface area contributed by atoms with Crippen molar-refractivity contribution in [2.24, 2.45) is 0 Å². The van der Waals surface area contributed by atoms with Crippen LogP contribution in [0.5, 0.6) is 0 Å². The Balaban J connectivity index is 1.74. The number of aromatic amines is 1. The van der Waals surface area contributed by atoms with Gasteiger partial charge in [-0.05, 0) is 12.5 Å². The molecule has 3 amide bonds. The third-order valence-corrected chi connectivity index (χ3v) is 2.63. The van der Waals surface area contributed by atoms with E-state index in [0.717, 1.165) is 6.42 Å². The molecule has 0 atom stereocenters. The van der Waals surface area contributed by atoms with Crippen LogP contribution in [0.25, 0.3) is 0 Å². The van der Waals surface area contributed by atoms with Crippen LogP contribution in [0.15, 0.2) is 18.5 Å². The molecule has 0 radical (unpaired) electrons. The lowest BCUT2D eigenvalue weighted by Crippen LogP contribution is -2.31. The molecule has 2 aromatic rings. The molecule has 2 aromatic heterocycles. The molecule has 0 aromatic carbocycles. The summed E-state index contributed by atoms with van der Waals surface area (Å²) in [6, 6.07) is 1.39. The van der Waals surface area contributed by atoms with E-state index in [1.807, 2.05) is 12.3 Å². The summed E-state index contributed by atoms with van der Waals surface area (Å²) in [7, 11) is 1.47. The standard InChI is InChI=1S/C11H16N8O2/c1-12-10(20)8-9(17-18-16-8)15-11(21)13-4-2-6-19-7-3-5-14-19/h3,5,7H,2,4,6H2,1H3,(H,12,20)(H3,13,15,16,17,18,21). The van der Waals surface area contributed by atoms with Gasteiger partial charge in [-0.15, -0.1) is 10.2 Å². The topological polar surface area (TPSA) is 130 Å². The van der Waals surface area contributed by atoms with Gasteiger partial charge in [-0.2, -0.15) is 10.3 Å². The number of nitrogens with zero attached hydrogens (tertiary/aromatic N) is 4. The van der Waals surface area contributed by atoms with E-state index in [2.05, 4.69) is 36.5 Å². The largest absolute Gasteiger partial charge is 0.354 e. The number of hydrogen-bond donors (Lipinski definition) is 4. The highest BCUT2D eigenvalue weighted by molar-refractivity contribution is 6.00. The van der Waals surface area contributed by atoms with Gasteiger partial charge in [-0.1, -0.05) is 0 Å². The minimum atomic E-state index is -0.450. The molecular weight excluding hydrogens is 276 g/mol. The van der Waals surface area contributed by atoms with Gasteiger partial charge in [0.2, 0.25) is 0 Å². The molecule has 2 rings (SSSR count). The van der Waals surface area contributed by atoms with Crippen LogP contribution in [-0.4, -0.2) is 50.7 Å². The van der Waals surface area contributed by atoms with Crippen molar-refractivity contribution in [1.82, 2.24) is 35.8 Å². The number of hydrogen-bond acceptors (Lipinski definition) is 5. The summed E-state index contributed by atoms with van der Waals surface area (Å²) in [5.41, 5.74) is 0.0317. The summed E-state index contributed by atoms with van der Waals surface area (Å²) < 4.78 is 1.78. The molecule has 0 spiro atoms. The first-order chi connectivity index (χ1) is 10.2. The first-order valence-electron chi connectivity index (χ1n) is 6.36. The van der Waals surface area contributed by atoms with Gasteiger partial charge in [0.1, 0.15) is 0 Å². The lowest BCUT2D eigenvalue weighted by atomic mass is 10.4. The molecule has 0 aliphatic heterocycles. The Morgan fingerprint density at radius 1 is 1.38 bits per heavy atom. The van der Waals surface area contributed by atoms with E-state index in [1.165, 1.54) is 7.05 Å². The highest BCUT2D eigenvalue weighted by Gasteiger charge is 2.16. The fourth-order valence-corrected chi connectivity index (χ4v) is 1.62. The number of aryl methyl sites for hydroxylation is 1. The minimum Gasteiger partial charge on any atom is -0.354 e. The number of urea groups is 1. The number of rotatable bonds is 6. The third-order valence-electron chi connectivity index (χ3n) is 2.63. The number of amides is 3. The van der Waals surface area contributed by atoms with Crippen LogP contribution in [0.4, 0.5) is 10.6 Å². The fourth-order valence-electron chi connectivity index (χ4n) is 1.62. The predicted octanol–water partition coefficient (Wildman–Crippen LogP) is -0.427. The van der Waals surface area contributed by atoms with Gasteiger partial charge in [0.15, 0.2) is 11.5 Å². The summed E-state index contributed by atoms with van der Waals surface area (Å²) in [4.78, 5) is 23.1. The highest BCUT2D eigenvalue weighted by atomic mass is 16.2. The Morgan fingerprint density at radius 2 is 2.24 bits per heavy atom. The van der Waals surface area contributed by atoms with E-state index in [4.69, 9.17) is 0 Å². The smallest absolute Gasteiger partial charge is 0.320 e. The maximum atomic E-state index is 11.7. The van der Waals surface area contributed by atoms with Crippen molar-refractivity contribution >= 4 is 17.8 Å². The molecule has 0 saturated carbocycles. The Kier molecular flexibility index (Phi) is 4.85. The zero-order chi connectivity index (χ0) is 15.1. The number of nitrogens with one attached hydrogen (secondary N) is 4. The van der Waals surface area contributed by atoms with E-state index in [9.17, 15) is 9.59 Å². The molecule has 0 saturated heterocycles. The average Bonchev–Trinajstić information content (AvgIpc) is 3.14. The number of aromatic nitrogens is 5. The molecular formula is C11H16N8O2. The molecule has 2 heterocycles. The van der Waals surface area contributed by atoms with Crippen LogP contribution in [0.2, 0.25) is 0 Å². The van der Waals surface area contributed by atoms with Crippen LogP contribution in [0.3, 0.4) is 0 Å². The first-order valence-corrected chi connectivity index (χ1v) is 6.36. The molecule has 0 unspecified atom stereocenters. The van der Waals surface area contributed by atoms with Crippen LogP contribution in [-0.2, 0) is 6.54 Å². The third kappa shape index (κ3) is 4.03. The Labute approximate surface area is 120 Å². The second-order valence-corrected chi connectivity index (χ2v) is 4.10. The number of H-pyrrole nitrogens is 1. The summed E-state index contributed by atoms with van der Waals surface area (Å²) in [5.74, 6) is -0.350. The van der Waals surface area contributed by atoms with Crippen molar-refractivity contribution in [3.05, 3.63) is 24.2 Å². The Hall–Kier alpha value is -2.91. The quantitative estimate of drug-likeness (QED) is 0.537. The molecule has 0 aliphatic carbocycles. The summed E-state index contributed by atoms with van der Waals surface area (Å²) in [6.45, 7) is 1.18. The summed E-state index contributed by atoms with van der Waals surface area (Å²) in [6.07, 6.45) is 4.28. The minimum absolute atomic E-state index is 0.0317. The summed E-state index contributed by atoms with van der Waals surface area (Å²) >= 11 is 0. The van der Waals surface area contributed by atoms with E-state index >= 15 is 0 Å². The number of anilines is 1. The Bertz CT molecular complexity index is 591. The van der Waals surface area contributed by atoms with E-state index in [1.54, 1.807) is 10.9 Å². The summed E-state index contributed by atoms with van der Waals surface area (Å²) in [5, 5.41) is 21.3. The molecule has 10 nitrogen and oxygen atoms in total. The normalized spacial score (nSPS) is 10.1. The maximum absolute atomic E-state index is 11.7. The van der Waals surface area contributed by atoms with Crippen molar-refractivity contribution in [3.63, 3.8) is 0 Å². The predicted molar refractivity (Wildman–Crippen MR) is 73.6 cm³/mol. The SMILES string of the molecule is CNC(=O)c1n[nH]nc1NC(=O)NCCCn1cccn1.